The van der Waals surface area contributed by atoms with Crippen molar-refractivity contribution in [3.63, 3.8) is 0 Å². The second-order valence-corrected chi connectivity index (χ2v) is 4.36. The van der Waals surface area contributed by atoms with Crippen LogP contribution < -0.4 is 4.74 Å². The number of ether oxygens (including phenoxy) is 3. The van der Waals surface area contributed by atoms with Crippen LogP contribution in [0.4, 0.5) is 0 Å². The van der Waals surface area contributed by atoms with E-state index >= 15 is 0 Å². The molecule has 0 radical (unpaired) electrons. The largest absolute Gasteiger partial charge is 0.494 e. The monoisotopic (exact) mass is 305 g/mol. The predicted octanol–water partition coefficient (Wildman–Crippen LogP) is 1.16. The third-order valence-electron chi connectivity index (χ3n) is 2.99. The summed E-state index contributed by atoms with van der Waals surface area (Å²) in [6.45, 7) is 1.87. The Kier molecular flexibility index (Phi) is 4.40. The van der Waals surface area contributed by atoms with E-state index in [9.17, 15) is 9.59 Å². The molecule has 1 aromatic heterocycles. The number of nitrogens with zero attached hydrogens (tertiary/aromatic N) is 3. The second-order valence-electron chi connectivity index (χ2n) is 4.36. The SMILES string of the molecule is COC(=O)c1nnn(-c2cc(C)ccc2OC)c1C(=O)OC. The number of methoxy groups -OCH3 is 3. The molecule has 0 amide bonds. The fraction of sp³-hybridized carbons (Fsp3) is 0.286. The molecule has 0 spiro atoms. The fourth-order valence-electron chi connectivity index (χ4n) is 1.93. The number of hydrogen-bond acceptors (Lipinski definition) is 7. The lowest BCUT2D eigenvalue weighted by molar-refractivity contribution is 0.0546. The molecule has 0 saturated carbocycles. The smallest absolute Gasteiger partial charge is 0.361 e. The summed E-state index contributed by atoms with van der Waals surface area (Å²) in [5, 5.41) is 7.58. The van der Waals surface area contributed by atoms with Crippen LogP contribution in [0.5, 0.6) is 5.75 Å². The maximum Gasteiger partial charge on any atom is 0.361 e. The Morgan fingerprint density at radius 2 is 1.77 bits per heavy atom. The summed E-state index contributed by atoms with van der Waals surface area (Å²) in [5.74, 6) is -1.07. The molecule has 0 aliphatic heterocycles. The van der Waals surface area contributed by atoms with Crippen LogP contribution >= 0.6 is 0 Å². The molecule has 8 heteroatoms. The molecule has 0 atom stereocenters. The molecule has 0 N–H and O–H groups in total. The van der Waals surface area contributed by atoms with Crippen molar-refractivity contribution in [3.05, 3.63) is 35.2 Å². The molecule has 0 bridgehead atoms. The summed E-state index contributed by atoms with van der Waals surface area (Å²) < 4.78 is 15.8. The van der Waals surface area contributed by atoms with E-state index in [2.05, 4.69) is 15.0 Å². The standard InChI is InChI=1S/C14H15N3O5/c1-8-5-6-10(20-2)9(7-8)17-12(14(19)22-4)11(15-16-17)13(18)21-3/h5-7H,1-4H3. The quantitative estimate of drug-likeness (QED) is 0.782. The summed E-state index contributed by atoms with van der Waals surface area (Å²) in [4.78, 5) is 23.8. The second kappa shape index (κ2) is 6.25. The Morgan fingerprint density at radius 3 is 2.36 bits per heavy atom. The van der Waals surface area contributed by atoms with Crippen molar-refractivity contribution in [1.29, 1.82) is 0 Å². The van der Waals surface area contributed by atoms with Crippen molar-refractivity contribution in [2.75, 3.05) is 21.3 Å². The lowest BCUT2D eigenvalue weighted by Gasteiger charge is -2.11. The molecule has 116 valence electrons. The summed E-state index contributed by atoms with van der Waals surface area (Å²) in [7, 11) is 3.88. The molecule has 22 heavy (non-hydrogen) atoms. The third kappa shape index (κ3) is 2.62. The average Bonchev–Trinajstić information content (AvgIpc) is 2.98. The van der Waals surface area contributed by atoms with Crippen molar-refractivity contribution in [2.24, 2.45) is 0 Å². The van der Waals surface area contributed by atoms with Gasteiger partial charge in [0.15, 0.2) is 5.69 Å². The van der Waals surface area contributed by atoms with Crippen molar-refractivity contribution >= 4 is 11.9 Å². The van der Waals surface area contributed by atoms with Gasteiger partial charge in [0, 0.05) is 0 Å². The zero-order valence-corrected chi connectivity index (χ0v) is 12.6. The molecule has 8 nitrogen and oxygen atoms in total. The molecule has 0 unspecified atom stereocenters. The van der Waals surface area contributed by atoms with E-state index in [4.69, 9.17) is 9.47 Å². The van der Waals surface area contributed by atoms with Gasteiger partial charge in [-0.25, -0.2) is 14.3 Å². The Bertz CT molecular complexity index is 723. The number of aryl methyl sites for hydroxylation is 1. The number of hydrogen-bond donors (Lipinski definition) is 0. The highest BCUT2D eigenvalue weighted by Crippen LogP contribution is 2.25. The zero-order chi connectivity index (χ0) is 16.3. The number of carbonyl (C=O) groups excluding carboxylic acids is 2. The molecule has 0 saturated heterocycles. The molecule has 1 aromatic carbocycles. The van der Waals surface area contributed by atoms with E-state index in [0.29, 0.717) is 11.4 Å². The van der Waals surface area contributed by atoms with Gasteiger partial charge >= 0.3 is 11.9 Å². The maximum absolute atomic E-state index is 12.0. The van der Waals surface area contributed by atoms with E-state index in [1.807, 2.05) is 13.0 Å². The van der Waals surface area contributed by atoms with Gasteiger partial charge in [0.2, 0.25) is 5.69 Å². The first-order chi connectivity index (χ1) is 10.5. The molecular formula is C14H15N3O5. The van der Waals surface area contributed by atoms with Gasteiger partial charge < -0.3 is 14.2 Å². The molecule has 0 aliphatic rings. The van der Waals surface area contributed by atoms with Crippen molar-refractivity contribution in [3.8, 4) is 11.4 Å². The Balaban J connectivity index is 2.71. The Labute approximate surface area is 126 Å². The first-order valence-corrected chi connectivity index (χ1v) is 6.30. The van der Waals surface area contributed by atoms with Gasteiger partial charge in [-0.3, -0.25) is 0 Å². The normalized spacial score (nSPS) is 10.2. The summed E-state index contributed by atoms with van der Waals surface area (Å²) in [6.07, 6.45) is 0. The fourth-order valence-corrected chi connectivity index (χ4v) is 1.93. The average molecular weight is 305 g/mol. The molecule has 0 aliphatic carbocycles. The summed E-state index contributed by atoms with van der Waals surface area (Å²) >= 11 is 0. The van der Waals surface area contributed by atoms with Crippen LogP contribution in [0.1, 0.15) is 26.5 Å². The van der Waals surface area contributed by atoms with Crippen LogP contribution in [0.3, 0.4) is 0 Å². The van der Waals surface area contributed by atoms with E-state index in [1.165, 1.54) is 26.0 Å². The van der Waals surface area contributed by atoms with Crippen molar-refractivity contribution < 1.29 is 23.8 Å². The van der Waals surface area contributed by atoms with Crippen LogP contribution in [-0.2, 0) is 9.47 Å². The van der Waals surface area contributed by atoms with Gasteiger partial charge in [-0.05, 0) is 24.6 Å². The lowest BCUT2D eigenvalue weighted by atomic mass is 10.2. The van der Waals surface area contributed by atoms with Crippen LogP contribution in [0, 0.1) is 6.92 Å². The van der Waals surface area contributed by atoms with Gasteiger partial charge in [-0.2, -0.15) is 0 Å². The van der Waals surface area contributed by atoms with Crippen LogP contribution in [-0.4, -0.2) is 48.3 Å². The molecule has 1 heterocycles. The summed E-state index contributed by atoms with van der Waals surface area (Å²) in [6, 6.07) is 5.32. The van der Waals surface area contributed by atoms with Gasteiger partial charge in [-0.15, -0.1) is 5.10 Å². The number of esters is 2. The topological polar surface area (TPSA) is 92.5 Å². The van der Waals surface area contributed by atoms with Crippen molar-refractivity contribution in [1.82, 2.24) is 15.0 Å². The number of benzene rings is 1. The number of carbonyl (C=O) groups is 2. The minimum Gasteiger partial charge on any atom is -0.494 e. The minimum atomic E-state index is -0.779. The number of rotatable bonds is 4. The van der Waals surface area contributed by atoms with E-state index in [-0.39, 0.29) is 11.4 Å². The molecule has 2 rings (SSSR count). The summed E-state index contributed by atoms with van der Waals surface area (Å²) in [5.41, 5.74) is 1.03. The first kappa shape index (κ1) is 15.5. The Hall–Kier alpha value is -2.90. The van der Waals surface area contributed by atoms with Crippen LogP contribution in [0.15, 0.2) is 18.2 Å². The van der Waals surface area contributed by atoms with Gasteiger partial charge in [-0.1, -0.05) is 11.3 Å². The highest BCUT2D eigenvalue weighted by Gasteiger charge is 2.28. The highest BCUT2D eigenvalue weighted by atomic mass is 16.5. The molecule has 0 fully saturated rings. The maximum atomic E-state index is 12.0. The van der Waals surface area contributed by atoms with Crippen LogP contribution in [0.2, 0.25) is 0 Å². The lowest BCUT2D eigenvalue weighted by Crippen LogP contribution is -2.16. The van der Waals surface area contributed by atoms with Crippen LogP contribution in [0.25, 0.3) is 5.69 Å². The van der Waals surface area contributed by atoms with E-state index < -0.39 is 11.9 Å². The predicted molar refractivity (Wildman–Crippen MR) is 75.3 cm³/mol. The van der Waals surface area contributed by atoms with E-state index in [1.54, 1.807) is 12.1 Å². The third-order valence-corrected chi connectivity index (χ3v) is 2.99. The Morgan fingerprint density at radius 1 is 1.09 bits per heavy atom. The minimum absolute atomic E-state index is 0.127. The van der Waals surface area contributed by atoms with E-state index in [0.717, 1.165) is 5.56 Å². The molecular weight excluding hydrogens is 290 g/mol. The first-order valence-electron chi connectivity index (χ1n) is 6.30. The van der Waals surface area contributed by atoms with Crippen molar-refractivity contribution in [2.45, 2.75) is 6.92 Å². The number of aromatic nitrogens is 3. The van der Waals surface area contributed by atoms with Gasteiger partial charge in [0.05, 0.1) is 21.3 Å². The molecule has 2 aromatic rings. The highest BCUT2D eigenvalue weighted by molar-refractivity contribution is 6.00. The zero-order valence-electron chi connectivity index (χ0n) is 12.6. The van der Waals surface area contributed by atoms with Gasteiger partial charge in [0.25, 0.3) is 0 Å². The van der Waals surface area contributed by atoms with Gasteiger partial charge in [0.1, 0.15) is 11.4 Å².